The van der Waals surface area contributed by atoms with Crippen LogP contribution in [0.5, 0.6) is 5.75 Å². The minimum Gasteiger partial charge on any atom is -0.591 e. The molecule has 0 bridgehead atoms. The molecule has 0 aliphatic carbocycles. The fourth-order valence-corrected chi connectivity index (χ4v) is 2.13. The zero-order chi connectivity index (χ0) is 15.5. The van der Waals surface area contributed by atoms with Crippen molar-refractivity contribution >= 4 is 17.6 Å². The molecular formula is C15H19N3O2S. The van der Waals surface area contributed by atoms with E-state index in [4.69, 9.17) is 4.74 Å². The Labute approximate surface area is 128 Å². The van der Waals surface area contributed by atoms with Crippen LogP contribution in [0.15, 0.2) is 41.1 Å². The highest BCUT2D eigenvalue weighted by atomic mass is 32.2. The smallest absolute Gasteiger partial charge is 0.160 e. The molecule has 0 unspecified atom stereocenters. The van der Waals surface area contributed by atoms with Crippen LogP contribution in [0.25, 0.3) is 5.69 Å². The Morgan fingerprint density at radius 3 is 2.52 bits per heavy atom. The number of rotatable bonds is 4. The molecule has 0 saturated carbocycles. The molecule has 0 amide bonds. The fraction of sp³-hybridized carbons (Fsp3) is 0.333. The van der Waals surface area contributed by atoms with E-state index in [2.05, 4.69) is 9.38 Å². The molecule has 2 aromatic rings. The van der Waals surface area contributed by atoms with Gasteiger partial charge in [-0.3, -0.25) is 4.57 Å². The van der Waals surface area contributed by atoms with E-state index in [0.29, 0.717) is 5.82 Å². The van der Waals surface area contributed by atoms with Crippen LogP contribution >= 0.6 is 0 Å². The van der Waals surface area contributed by atoms with E-state index in [0.717, 1.165) is 11.4 Å². The summed E-state index contributed by atoms with van der Waals surface area (Å²) < 4.78 is 22.7. The van der Waals surface area contributed by atoms with Crippen molar-refractivity contribution in [3.05, 3.63) is 42.5 Å². The van der Waals surface area contributed by atoms with Crippen molar-refractivity contribution < 1.29 is 9.29 Å². The molecule has 0 saturated heterocycles. The fourth-order valence-electron chi connectivity index (χ4n) is 1.62. The molecule has 1 aromatic heterocycles. The number of methoxy groups -OCH3 is 1. The normalized spacial score (nSPS) is 13.6. The van der Waals surface area contributed by atoms with E-state index in [1.807, 2.05) is 55.8 Å². The molecule has 0 radical (unpaired) electrons. The third-order valence-corrected chi connectivity index (χ3v) is 4.15. The monoisotopic (exact) mass is 305 g/mol. The molecule has 1 aromatic carbocycles. The number of hydrogen-bond donors (Lipinski definition) is 0. The molecule has 21 heavy (non-hydrogen) atoms. The van der Waals surface area contributed by atoms with Crippen LogP contribution in [0, 0.1) is 0 Å². The summed E-state index contributed by atoms with van der Waals surface area (Å²) in [5.74, 6) is 1.43. The molecule has 1 heterocycles. The van der Waals surface area contributed by atoms with Crippen molar-refractivity contribution in [1.29, 1.82) is 0 Å². The summed E-state index contributed by atoms with van der Waals surface area (Å²) >= 11 is -1.30. The van der Waals surface area contributed by atoms with Gasteiger partial charge in [0.05, 0.1) is 7.11 Å². The zero-order valence-corrected chi connectivity index (χ0v) is 13.4. The molecule has 2 rings (SSSR count). The van der Waals surface area contributed by atoms with E-state index in [-0.39, 0.29) is 4.75 Å². The van der Waals surface area contributed by atoms with E-state index >= 15 is 0 Å². The largest absolute Gasteiger partial charge is 0.591 e. The summed E-state index contributed by atoms with van der Waals surface area (Å²) in [6, 6.07) is 7.62. The maximum Gasteiger partial charge on any atom is 0.160 e. The molecule has 112 valence electrons. The molecule has 1 atom stereocenters. The average molecular weight is 305 g/mol. The Morgan fingerprint density at radius 2 is 1.95 bits per heavy atom. The maximum absolute atomic E-state index is 12.0. The third kappa shape index (κ3) is 3.86. The van der Waals surface area contributed by atoms with Gasteiger partial charge in [-0.15, -0.1) is 0 Å². The quantitative estimate of drug-likeness (QED) is 0.644. The molecule has 0 fully saturated rings. The van der Waals surface area contributed by atoms with Gasteiger partial charge in [-0.2, -0.15) is 0 Å². The van der Waals surface area contributed by atoms with Crippen LogP contribution < -0.4 is 4.74 Å². The van der Waals surface area contributed by atoms with Crippen molar-refractivity contribution in [2.24, 2.45) is 4.40 Å². The predicted octanol–water partition coefficient (Wildman–Crippen LogP) is 2.76. The SMILES string of the molecule is COc1ccc(-n2ccnc2C=N[S@+]([O-])C(C)(C)C)cc1. The number of nitrogens with zero attached hydrogens (tertiary/aromatic N) is 3. The second kappa shape index (κ2) is 6.32. The van der Waals surface area contributed by atoms with E-state index in [1.54, 1.807) is 19.5 Å². The summed E-state index contributed by atoms with van der Waals surface area (Å²) in [7, 11) is 1.63. The van der Waals surface area contributed by atoms with Crippen molar-refractivity contribution in [1.82, 2.24) is 9.55 Å². The van der Waals surface area contributed by atoms with Crippen molar-refractivity contribution in [2.45, 2.75) is 25.5 Å². The Balaban J connectivity index is 2.24. The minimum absolute atomic E-state index is 0.381. The molecule has 6 heteroatoms. The first-order chi connectivity index (χ1) is 9.91. The van der Waals surface area contributed by atoms with Gasteiger partial charge in [-0.25, -0.2) is 4.98 Å². The third-order valence-electron chi connectivity index (χ3n) is 2.81. The van der Waals surface area contributed by atoms with Crippen molar-refractivity contribution in [3.63, 3.8) is 0 Å². The van der Waals surface area contributed by atoms with Gasteiger partial charge in [-0.1, -0.05) is 4.40 Å². The van der Waals surface area contributed by atoms with E-state index in [9.17, 15) is 4.55 Å². The summed E-state index contributed by atoms with van der Waals surface area (Å²) in [6.07, 6.45) is 5.07. The Morgan fingerprint density at radius 1 is 1.29 bits per heavy atom. The first kappa shape index (κ1) is 15.6. The van der Waals surface area contributed by atoms with Crippen LogP contribution in [0.2, 0.25) is 0 Å². The summed E-state index contributed by atoms with van der Waals surface area (Å²) in [4.78, 5) is 4.24. The summed E-state index contributed by atoms with van der Waals surface area (Å²) in [5.41, 5.74) is 0.941. The molecule has 0 aliphatic heterocycles. The number of ether oxygens (including phenoxy) is 1. The van der Waals surface area contributed by atoms with Gasteiger partial charge in [0.15, 0.2) is 5.82 Å². The number of hydrogen-bond acceptors (Lipinski definition) is 4. The second-order valence-electron chi connectivity index (χ2n) is 5.45. The van der Waals surface area contributed by atoms with Crippen LogP contribution in [0.1, 0.15) is 26.6 Å². The summed E-state index contributed by atoms with van der Waals surface area (Å²) in [6.45, 7) is 5.66. The van der Waals surface area contributed by atoms with E-state index < -0.39 is 11.4 Å². The van der Waals surface area contributed by atoms with Crippen LogP contribution in [-0.4, -0.2) is 32.2 Å². The lowest BCUT2D eigenvalue weighted by molar-refractivity contribution is 0.414. The van der Waals surface area contributed by atoms with Crippen LogP contribution in [0.3, 0.4) is 0 Å². The molecule has 0 N–H and O–H groups in total. The summed E-state index contributed by atoms with van der Waals surface area (Å²) in [5, 5.41) is 0. The Kier molecular flexibility index (Phi) is 4.69. The Bertz CT molecular complexity index is 615. The van der Waals surface area contributed by atoms with Gasteiger partial charge in [0, 0.05) is 18.1 Å². The van der Waals surface area contributed by atoms with Gasteiger partial charge in [0.2, 0.25) is 0 Å². The lowest BCUT2D eigenvalue weighted by atomic mass is 10.3. The average Bonchev–Trinajstić information content (AvgIpc) is 2.92. The molecular weight excluding hydrogens is 286 g/mol. The second-order valence-corrected chi connectivity index (χ2v) is 7.38. The lowest BCUT2D eigenvalue weighted by Crippen LogP contribution is -2.26. The highest BCUT2D eigenvalue weighted by Crippen LogP contribution is 2.18. The molecule has 5 nitrogen and oxygen atoms in total. The topological polar surface area (TPSA) is 62.5 Å². The van der Waals surface area contributed by atoms with Crippen LogP contribution in [-0.2, 0) is 11.4 Å². The van der Waals surface area contributed by atoms with Gasteiger partial charge in [-0.05, 0) is 45.0 Å². The van der Waals surface area contributed by atoms with Crippen molar-refractivity contribution in [3.8, 4) is 11.4 Å². The van der Waals surface area contributed by atoms with Gasteiger partial charge < -0.3 is 9.29 Å². The lowest BCUT2D eigenvalue weighted by Gasteiger charge is -2.17. The van der Waals surface area contributed by atoms with Gasteiger partial charge in [0.1, 0.15) is 28.1 Å². The maximum atomic E-state index is 12.0. The minimum atomic E-state index is -1.30. The molecule has 0 aliphatic rings. The number of aromatic nitrogens is 2. The highest BCUT2D eigenvalue weighted by molar-refractivity contribution is 7.91. The first-order valence-corrected chi connectivity index (χ1v) is 7.66. The molecule has 0 spiro atoms. The number of imidazole rings is 1. The van der Waals surface area contributed by atoms with Crippen LogP contribution in [0.4, 0.5) is 0 Å². The zero-order valence-electron chi connectivity index (χ0n) is 12.6. The van der Waals surface area contributed by atoms with Gasteiger partial charge >= 0.3 is 0 Å². The van der Waals surface area contributed by atoms with Crippen molar-refractivity contribution in [2.75, 3.05) is 7.11 Å². The van der Waals surface area contributed by atoms with Gasteiger partial charge in [0.25, 0.3) is 0 Å². The highest BCUT2D eigenvalue weighted by Gasteiger charge is 2.26. The Hall–Kier alpha value is -1.79. The predicted molar refractivity (Wildman–Crippen MR) is 85.6 cm³/mol. The number of benzene rings is 1. The first-order valence-electron chi connectivity index (χ1n) is 6.55. The van der Waals surface area contributed by atoms with E-state index in [1.165, 1.54) is 0 Å². The standard InChI is InChI=1S/C15H19N3O2S/c1-15(2,3)21(19)17-11-14-16-9-10-18(14)12-5-7-13(20-4)8-6-12/h5-11H,1-4H3/t21-/m1/s1.